The van der Waals surface area contributed by atoms with Gasteiger partial charge in [-0.05, 0) is 82.4 Å². The first kappa shape index (κ1) is 30.9. The number of hydrogen-bond acceptors (Lipinski definition) is 7. The number of aliphatic hydroxyl groups excluding tert-OH is 1. The van der Waals surface area contributed by atoms with Crippen LogP contribution in [-0.2, 0) is 27.3 Å². The Labute approximate surface area is 230 Å². The smallest absolute Gasteiger partial charge is 0.126 e. The molecule has 1 heterocycles. The minimum absolute atomic E-state index is 0.0661. The molecular formula is C31H52N2O5. The van der Waals surface area contributed by atoms with Crippen molar-refractivity contribution >= 4 is 5.69 Å². The molecule has 38 heavy (non-hydrogen) atoms. The first-order valence-electron chi connectivity index (χ1n) is 14.5. The number of ether oxygens (including phenoxy) is 3. The maximum Gasteiger partial charge on any atom is 0.126 e. The van der Waals surface area contributed by atoms with Crippen molar-refractivity contribution in [3.05, 3.63) is 34.9 Å². The van der Waals surface area contributed by atoms with E-state index in [1.54, 1.807) is 12.2 Å². The summed E-state index contributed by atoms with van der Waals surface area (Å²) in [4.78, 5) is 6.48. The fourth-order valence-corrected chi connectivity index (χ4v) is 5.83. The summed E-state index contributed by atoms with van der Waals surface area (Å²) in [7, 11) is 5.39. The summed E-state index contributed by atoms with van der Waals surface area (Å²) in [5.74, 6) is 2.03. The lowest BCUT2D eigenvalue weighted by Crippen LogP contribution is -2.41. The van der Waals surface area contributed by atoms with Gasteiger partial charge in [0.2, 0.25) is 0 Å². The summed E-state index contributed by atoms with van der Waals surface area (Å²) in [5.41, 5.74) is 10.1. The van der Waals surface area contributed by atoms with Crippen LogP contribution in [0, 0.1) is 17.8 Å². The number of nitrogens with two attached hydrogens (primary N) is 1. The van der Waals surface area contributed by atoms with Gasteiger partial charge in [-0.1, -0.05) is 37.8 Å². The van der Waals surface area contributed by atoms with Crippen LogP contribution >= 0.6 is 0 Å². The van der Waals surface area contributed by atoms with Crippen LogP contribution in [0.3, 0.4) is 0 Å². The lowest BCUT2D eigenvalue weighted by Gasteiger charge is -2.36. The number of anilines is 1. The highest BCUT2D eigenvalue weighted by Crippen LogP contribution is 2.38. The van der Waals surface area contributed by atoms with E-state index in [-0.39, 0.29) is 37.1 Å². The van der Waals surface area contributed by atoms with Gasteiger partial charge in [0, 0.05) is 25.6 Å². The monoisotopic (exact) mass is 532 g/mol. The van der Waals surface area contributed by atoms with Crippen molar-refractivity contribution in [3.63, 3.8) is 0 Å². The van der Waals surface area contributed by atoms with Crippen molar-refractivity contribution in [3.8, 4) is 5.75 Å². The highest BCUT2D eigenvalue weighted by atomic mass is 16.7. The molecule has 2 aliphatic rings. The van der Waals surface area contributed by atoms with Crippen LogP contribution in [0.4, 0.5) is 5.69 Å². The average molecular weight is 533 g/mol. The topological polar surface area (TPSA) is 86.4 Å². The van der Waals surface area contributed by atoms with E-state index in [0.717, 1.165) is 49.3 Å². The molecule has 1 aliphatic carbocycles. The van der Waals surface area contributed by atoms with Crippen molar-refractivity contribution < 1.29 is 24.2 Å². The highest BCUT2D eigenvalue weighted by Gasteiger charge is 2.34. The van der Waals surface area contributed by atoms with Crippen molar-refractivity contribution in [1.29, 1.82) is 0 Å². The molecule has 0 radical (unpaired) electrons. The molecule has 4 unspecified atom stereocenters. The molecule has 1 saturated carbocycles. The van der Waals surface area contributed by atoms with Crippen molar-refractivity contribution in [2.45, 2.75) is 110 Å². The molecule has 6 atom stereocenters. The Hall–Kier alpha value is -1.64. The van der Waals surface area contributed by atoms with Crippen LogP contribution in [0.2, 0.25) is 0 Å². The molecule has 0 saturated heterocycles. The summed E-state index contributed by atoms with van der Waals surface area (Å²) in [6.45, 7) is 8.21. The Morgan fingerprint density at radius 2 is 1.87 bits per heavy atom. The minimum Gasteiger partial charge on any atom is -0.496 e. The highest BCUT2D eigenvalue weighted by molar-refractivity contribution is 5.60. The summed E-state index contributed by atoms with van der Waals surface area (Å²) >= 11 is 0. The van der Waals surface area contributed by atoms with Gasteiger partial charge in [0.05, 0.1) is 37.7 Å². The number of aliphatic hydroxyl groups is 1. The standard InChI is InChI=1S/C31H52N2O5/c1-20-9-8-10-29(35-6)26(14-13-24-11-12-24)18-30(37-23(4)32)21(2)22(3)38-33(5)28-16-25(15-20)17-31(36-7)27(28)19-34/h9,16-17,21-24,26,29-30,34H,8,10-15,18-19,32H2,1-7H3/b20-9+/t21-,22?,23?,26?,29+,30?/m0/s1. The fourth-order valence-electron chi connectivity index (χ4n) is 5.83. The number of fused-ring (bicyclic) bond motifs is 2. The largest absolute Gasteiger partial charge is 0.496 e. The predicted molar refractivity (Wildman–Crippen MR) is 153 cm³/mol. The number of rotatable bonds is 8. The zero-order chi connectivity index (χ0) is 27.8. The molecule has 1 aliphatic heterocycles. The summed E-state index contributed by atoms with van der Waals surface area (Å²) in [6, 6.07) is 4.12. The second-order valence-corrected chi connectivity index (χ2v) is 11.6. The molecule has 2 bridgehead atoms. The maximum atomic E-state index is 10.2. The molecule has 0 spiro atoms. The van der Waals surface area contributed by atoms with E-state index in [0.29, 0.717) is 17.2 Å². The van der Waals surface area contributed by atoms with E-state index < -0.39 is 0 Å². The van der Waals surface area contributed by atoms with E-state index in [1.165, 1.54) is 24.8 Å². The third kappa shape index (κ3) is 8.68. The van der Waals surface area contributed by atoms with Crippen LogP contribution in [0.5, 0.6) is 5.75 Å². The predicted octanol–water partition coefficient (Wildman–Crippen LogP) is 5.76. The maximum absolute atomic E-state index is 10.2. The number of methoxy groups -OCH3 is 2. The van der Waals surface area contributed by atoms with Gasteiger partial charge < -0.3 is 25.1 Å². The van der Waals surface area contributed by atoms with Gasteiger partial charge in [0.1, 0.15) is 12.0 Å². The van der Waals surface area contributed by atoms with Gasteiger partial charge in [0.15, 0.2) is 0 Å². The van der Waals surface area contributed by atoms with Gasteiger partial charge >= 0.3 is 0 Å². The Kier molecular flexibility index (Phi) is 11.9. The minimum atomic E-state index is -0.365. The molecule has 1 aromatic carbocycles. The molecule has 3 N–H and O–H groups in total. The SMILES string of the molecule is COc1cc2cc(c1CO)N(C)OC(C)[C@H](C)C(OC(C)N)CC(CCC1CC1)[C@H](OC)CC/C=C(\C)C2. The zero-order valence-electron chi connectivity index (χ0n) is 24.7. The second kappa shape index (κ2) is 14.7. The van der Waals surface area contributed by atoms with Crippen molar-refractivity contribution in [2.75, 3.05) is 26.3 Å². The molecule has 216 valence electrons. The van der Waals surface area contributed by atoms with Crippen molar-refractivity contribution in [1.82, 2.24) is 0 Å². The number of benzene rings is 1. The molecule has 0 aromatic heterocycles. The summed E-state index contributed by atoms with van der Waals surface area (Å²) in [6.07, 6.45) is 10.7. The quantitative estimate of drug-likeness (QED) is 0.325. The lowest BCUT2D eigenvalue weighted by molar-refractivity contribution is -0.0959. The third-order valence-electron chi connectivity index (χ3n) is 8.44. The van der Waals surface area contributed by atoms with E-state index in [1.807, 2.05) is 27.1 Å². The molecule has 7 nitrogen and oxygen atoms in total. The van der Waals surface area contributed by atoms with Crippen LogP contribution in [0.1, 0.15) is 83.8 Å². The van der Waals surface area contributed by atoms with Gasteiger partial charge in [0.25, 0.3) is 0 Å². The summed E-state index contributed by atoms with van der Waals surface area (Å²) in [5, 5.41) is 12.0. The van der Waals surface area contributed by atoms with Crippen molar-refractivity contribution in [2.24, 2.45) is 23.5 Å². The Morgan fingerprint density at radius 3 is 2.47 bits per heavy atom. The number of hydrogen-bond donors (Lipinski definition) is 2. The normalized spacial score (nSPS) is 30.0. The van der Waals surface area contributed by atoms with E-state index in [9.17, 15) is 5.11 Å². The number of nitrogens with zero attached hydrogens (tertiary/aromatic N) is 1. The lowest BCUT2D eigenvalue weighted by atomic mass is 9.83. The second-order valence-electron chi connectivity index (χ2n) is 11.6. The molecule has 1 fully saturated rings. The van der Waals surface area contributed by atoms with Crippen LogP contribution < -0.4 is 15.5 Å². The number of allylic oxidation sites excluding steroid dienone is 2. The Balaban J connectivity index is 1.98. The molecular weight excluding hydrogens is 480 g/mol. The molecule has 0 amide bonds. The van der Waals surface area contributed by atoms with Crippen LogP contribution in [0.25, 0.3) is 0 Å². The van der Waals surface area contributed by atoms with Gasteiger partial charge in [-0.3, -0.25) is 9.90 Å². The van der Waals surface area contributed by atoms with Gasteiger partial charge in [-0.15, -0.1) is 0 Å². The fraction of sp³-hybridized carbons (Fsp3) is 0.742. The number of hydroxylamine groups is 1. The molecule has 3 rings (SSSR count). The summed E-state index contributed by atoms with van der Waals surface area (Å²) < 4.78 is 18.1. The first-order valence-corrected chi connectivity index (χ1v) is 14.5. The van der Waals surface area contributed by atoms with Crippen LogP contribution in [0.15, 0.2) is 23.8 Å². The van der Waals surface area contributed by atoms with Crippen LogP contribution in [-0.4, -0.2) is 50.9 Å². The van der Waals surface area contributed by atoms with E-state index in [2.05, 4.69) is 32.9 Å². The average Bonchev–Trinajstić information content (AvgIpc) is 3.71. The first-order chi connectivity index (χ1) is 18.2. The van der Waals surface area contributed by atoms with E-state index >= 15 is 0 Å². The molecule has 7 heteroatoms. The van der Waals surface area contributed by atoms with Gasteiger partial charge in [-0.2, -0.15) is 0 Å². The zero-order valence-corrected chi connectivity index (χ0v) is 24.7. The third-order valence-corrected chi connectivity index (χ3v) is 8.44. The molecule has 1 aromatic rings. The Bertz CT molecular complexity index is 901. The Morgan fingerprint density at radius 1 is 1.13 bits per heavy atom. The van der Waals surface area contributed by atoms with E-state index in [4.69, 9.17) is 24.8 Å². The van der Waals surface area contributed by atoms with Gasteiger partial charge in [-0.25, -0.2) is 0 Å².